The first-order valence-corrected chi connectivity index (χ1v) is 10.1. The molecule has 0 bridgehead atoms. The predicted molar refractivity (Wildman–Crippen MR) is 114 cm³/mol. The number of rotatable bonds is 5. The summed E-state index contributed by atoms with van der Waals surface area (Å²) in [6.45, 7) is 1.77. The Balaban J connectivity index is 1.48. The lowest BCUT2D eigenvalue weighted by Gasteiger charge is -2.14. The number of aromatic nitrogens is 5. The molecule has 0 saturated carbocycles. The van der Waals surface area contributed by atoms with Crippen LogP contribution in [0, 0.1) is 6.92 Å². The number of aromatic amines is 1. The second kappa shape index (κ2) is 7.60. The van der Waals surface area contributed by atoms with E-state index in [2.05, 4.69) is 30.6 Å². The van der Waals surface area contributed by atoms with E-state index in [1.807, 2.05) is 54.6 Å². The topological polar surface area (TPSA) is 110 Å². The molecule has 2 N–H and O–H groups in total. The van der Waals surface area contributed by atoms with Gasteiger partial charge in [0.2, 0.25) is 11.1 Å². The van der Waals surface area contributed by atoms with Gasteiger partial charge in [0.25, 0.3) is 0 Å². The molecule has 1 amide bonds. The highest BCUT2D eigenvalue weighted by molar-refractivity contribution is 8.00. The van der Waals surface area contributed by atoms with Crippen LogP contribution in [0.5, 0.6) is 0 Å². The molecule has 3 heterocycles. The van der Waals surface area contributed by atoms with Crippen molar-refractivity contribution in [2.75, 3.05) is 5.32 Å². The van der Waals surface area contributed by atoms with Gasteiger partial charge in [0.1, 0.15) is 16.5 Å². The molecule has 0 aliphatic carbocycles. The standard InChI is InChI=1S/C21H16N6O2S/c1-12-11-16(27-29-12)23-20(28)18(13-7-3-2-4-8-13)30-21-24-19-17(25-26-21)14-9-5-6-10-15(14)22-19/h2-11,18H,1H3,(H,22,24,26)(H,23,27,28). The van der Waals surface area contributed by atoms with Crippen LogP contribution in [0.3, 0.4) is 0 Å². The van der Waals surface area contributed by atoms with Crippen molar-refractivity contribution in [2.45, 2.75) is 17.3 Å². The minimum absolute atomic E-state index is 0.250. The fourth-order valence-electron chi connectivity index (χ4n) is 3.18. The number of nitrogens with zero attached hydrogens (tertiary/aromatic N) is 4. The van der Waals surface area contributed by atoms with Crippen molar-refractivity contribution in [3.05, 3.63) is 72.0 Å². The molecular formula is C21H16N6O2S. The smallest absolute Gasteiger partial charge is 0.243 e. The largest absolute Gasteiger partial charge is 0.360 e. The first-order valence-electron chi connectivity index (χ1n) is 9.24. The first kappa shape index (κ1) is 18.3. The van der Waals surface area contributed by atoms with Crippen LogP contribution in [0.4, 0.5) is 5.82 Å². The van der Waals surface area contributed by atoms with Crippen molar-refractivity contribution in [3.63, 3.8) is 0 Å². The number of carbonyl (C=O) groups excluding carboxylic acids is 1. The monoisotopic (exact) mass is 416 g/mol. The van der Waals surface area contributed by atoms with Crippen LogP contribution in [-0.4, -0.2) is 31.2 Å². The van der Waals surface area contributed by atoms with Crippen LogP contribution < -0.4 is 5.32 Å². The summed E-state index contributed by atoms with van der Waals surface area (Å²) in [6.07, 6.45) is 0. The van der Waals surface area contributed by atoms with Gasteiger partial charge in [-0.3, -0.25) is 4.79 Å². The number of hydrogen-bond donors (Lipinski definition) is 2. The summed E-state index contributed by atoms with van der Waals surface area (Å²) in [6, 6.07) is 18.9. The number of amides is 1. The number of thioether (sulfide) groups is 1. The molecule has 2 aromatic carbocycles. The van der Waals surface area contributed by atoms with Crippen molar-refractivity contribution >= 4 is 45.6 Å². The molecular weight excluding hydrogens is 400 g/mol. The molecule has 0 spiro atoms. The zero-order chi connectivity index (χ0) is 20.5. The van der Waals surface area contributed by atoms with Crippen LogP contribution in [-0.2, 0) is 4.79 Å². The Morgan fingerprint density at radius 1 is 1.10 bits per heavy atom. The van der Waals surface area contributed by atoms with Crippen LogP contribution in [0.2, 0.25) is 0 Å². The van der Waals surface area contributed by atoms with Crippen LogP contribution in [0.1, 0.15) is 16.6 Å². The van der Waals surface area contributed by atoms with Gasteiger partial charge < -0.3 is 14.8 Å². The fraction of sp³-hybridized carbons (Fsp3) is 0.0952. The highest BCUT2D eigenvalue weighted by atomic mass is 32.2. The lowest BCUT2D eigenvalue weighted by atomic mass is 10.1. The zero-order valence-corrected chi connectivity index (χ0v) is 16.7. The van der Waals surface area contributed by atoms with E-state index in [0.717, 1.165) is 16.5 Å². The summed E-state index contributed by atoms with van der Waals surface area (Å²) < 4.78 is 5.04. The quantitative estimate of drug-likeness (QED) is 0.412. The third kappa shape index (κ3) is 3.50. The normalized spacial score (nSPS) is 12.3. The Morgan fingerprint density at radius 2 is 1.90 bits per heavy atom. The minimum atomic E-state index is -0.591. The van der Waals surface area contributed by atoms with Crippen LogP contribution in [0.15, 0.2) is 70.3 Å². The zero-order valence-electron chi connectivity index (χ0n) is 15.9. The molecule has 5 rings (SSSR count). The van der Waals surface area contributed by atoms with Gasteiger partial charge in [-0.1, -0.05) is 65.4 Å². The molecule has 1 unspecified atom stereocenters. The van der Waals surface area contributed by atoms with Gasteiger partial charge in [0.15, 0.2) is 11.5 Å². The van der Waals surface area contributed by atoms with Gasteiger partial charge in [-0.2, -0.15) is 0 Å². The lowest BCUT2D eigenvalue weighted by Crippen LogP contribution is -2.19. The van der Waals surface area contributed by atoms with Gasteiger partial charge in [0, 0.05) is 17.0 Å². The Morgan fingerprint density at radius 3 is 2.70 bits per heavy atom. The predicted octanol–water partition coefficient (Wildman–Crippen LogP) is 4.27. The number of carbonyl (C=O) groups is 1. The maximum Gasteiger partial charge on any atom is 0.243 e. The number of anilines is 1. The molecule has 30 heavy (non-hydrogen) atoms. The van der Waals surface area contributed by atoms with E-state index in [1.165, 1.54) is 11.8 Å². The SMILES string of the molecule is Cc1cc(NC(=O)C(Sc2nnc3c(n2)[nH]c2ccccc23)c2ccccc2)no1. The number of benzene rings is 2. The van der Waals surface area contributed by atoms with Gasteiger partial charge in [-0.25, -0.2) is 4.98 Å². The molecule has 0 aliphatic rings. The highest BCUT2D eigenvalue weighted by Gasteiger charge is 2.25. The van der Waals surface area contributed by atoms with E-state index in [-0.39, 0.29) is 5.91 Å². The number of para-hydroxylation sites is 1. The number of H-pyrrole nitrogens is 1. The fourth-order valence-corrected chi connectivity index (χ4v) is 4.08. The van der Waals surface area contributed by atoms with E-state index < -0.39 is 5.25 Å². The summed E-state index contributed by atoms with van der Waals surface area (Å²) in [7, 11) is 0. The average Bonchev–Trinajstić information content (AvgIpc) is 3.34. The summed E-state index contributed by atoms with van der Waals surface area (Å²) in [5.41, 5.74) is 3.09. The number of hydrogen-bond acceptors (Lipinski definition) is 7. The maximum absolute atomic E-state index is 13.0. The molecule has 5 aromatic rings. The Hall–Kier alpha value is -3.72. The molecule has 1 atom stereocenters. The third-order valence-electron chi connectivity index (χ3n) is 4.55. The second-order valence-corrected chi connectivity index (χ2v) is 7.76. The van der Waals surface area contributed by atoms with E-state index in [0.29, 0.717) is 27.9 Å². The molecule has 3 aromatic heterocycles. The van der Waals surface area contributed by atoms with Gasteiger partial charge in [-0.15, -0.1) is 10.2 Å². The van der Waals surface area contributed by atoms with Crippen molar-refractivity contribution in [1.29, 1.82) is 0 Å². The van der Waals surface area contributed by atoms with Crippen LogP contribution in [0.25, 0.3) is 22.1 Å². The minimum Gasteiger partial charge on any atom is -0.360 e. The summed E-state index contributed by atoms with van der Waals surface area (Å²) in [4.78, 5) is 20.9. The Kier molecular flexibility index (Phi) is 4.64. The Labute approximate surface area is 175 Å². The molecule has 0 saturated heterocycles. The third-order valence-corrected chi connectivity index (χ3v) is 5.65. The highest BCUT2D eigenvalue weighted by Crippen LogP contribution is 2.35. The summed E-state index contributed by atoms with van der Waals surface area (Å²) in [5.74, 6) is 0.731. The molecule has 8 nitrogen and oxygen atoms in total. The number of fused-ring (bicyclic) bond motifs is 3. The molecule has 9 heteroatoms. The van der Waals surface area contributed by atoms with Crippen molar-refractivity contribution in [3.8, 4) is 0 Å². The summed E-state index contributed by atoms with van der Waals surface area (Å²) in [5, 5.41) is 16.0. The van der Waals surface area contributed by atoms with Gasteiger partial charge >= 0.3 is 0 Å². The Bertz CT molecular complexity index is 1350. The van der Waals surface area contributed by atoms with E-state index in [1.54, 1.807) is 13.0 Å². The lowest BCUT2D eigenvalue weighted by molar-refractivity contribution is -0.115. The second-order valence-electron chi connectivity index (χ2n) is 6.68. The van der Waals surface area contributed by atoms with Crippen LogP contribution >= 0.6 is 11.8 Å². The first-order chi connectivity index (χ1) is 14.7. The molecule has 0 aliphatic heterocycles. The molecule has 148 valence electrons. The van der Waals surface area contributed by atoms with Crippen molar-refractivity contribution in [2.24, 2.45) is 0 Å². The average molecular weight is 416 g/mol. The number of nitrogens with one attached hydrogen (secondary N) is 2. The molecule has 0 radical (unpaired) electrons. The number of aryl methyl sites for hydroxylation is 1. The van der Waals surface area contributed by atoms with Gasteiger partial charge in [0.05, 0.1) is 0 Å². The van der Waals surface area contributed by atoms with E-state index >= 15 is 0 Å². The van der Waals surface area contributed by atoms with Crippen molar-refractivity contribution < 1.29 is 9.32 Å². The summed E-state index contributed by atoms with van der Waals surface area (Å²) >= 11 is 1.23. The van der Waals surface area contributed by atoms with E-state index in [4.69, 9.17) is 4.52 Å². The maximum atomic E-state index is 13.0. The van der Waals surface area contributed by atoms with E-state index in [9.17, 15) is 4.79 Å². The van der Waals surface area contributed by atoms with Gasteiger partial charge in [-0.05, 0) is 18.6 Å². The van der Waals surface area contributed by atoms with Crippen molar-refractivity contribution in [1.82, 2.24) is 25.3 Å². The molecule has 0 fully saturated rings.